The second-order valence-corrected chi connectivity index (χ2v) is 9.75. The van der Waals surface area contributed by atoms with Gasteiger partial charge in [0.25, 0.3) is 0 Å². The number of rotatable bonds is 3. The van der Waals surface area contributed by atoms with Crippen molar-refractivity contribution in [1.29, 1.82) is 0 Å². The van der Waals surface area contributed by atoms with Gasteiger partial charge in [0.15, 0.2) is 0 Å². The molecule has 2 nitrogen and oxygen atoms in total. The topological polar surface area (TPSA) is 16.4 Å². The van der Waals surface area contributed by atoms with Crippen molar-refractivity contribution in [3.8, 4) is 0 Å². The fourth-order valence-corrected chi connectivity index (χ4v) is 6.48. The Bertz CT molecular complexity index is 1160. The Kier molecular flexibility index (Phi) is 4.59. The molecule has 2 unspecified atom stereocenters. The highest BCUT2D eigenvalue weighted by Gasteiger charge is 2.42. The number of aryl methyl sites for hydroxylation is 1. The molecular weight excluding hydrogens is 374 g/mol. The highest BCUT2D eigenvalue weighted by Crippen LogP contribution is 2.51. The van der Waals surface area contributed by atoms with Gasteiger partial charge in [0.2, 0.25) is 0 Å². The molecule has 148 valence electrons. The summed E-state index contributed by atoms with van der Waals surface area (Å²) in [5.74, 6) is 0.630. The minimum absolute atomic E-state index is 0.327. The number of furan rings is 1. The van der Waals surface area contributed by atoms with Crippen LogP contribution in [0, 0.1) is 12.8 Å². The number of para-hydroxylation sites is 1. The first-order valence-corrected chi connectivity index (χ1v) is 11.4. The lowest BCUT2D eigenvalue weighted by molar-refractivity contribution is 0.527. The molecule has 0 bridgehead atoms. The van der Waals surface area contributed by atoms with Gasteiger partial charge in [0, 0.05) is 27.8 Å². The van der Waals surface area contributed by atoms with Crippen molar-refractivity contribution in [3.05, 3.63) is 77.9 Å². The quantitative estimate of drug-likeness (QED) is 0.352. The second kappa shape index (κ2) is 7.14. The Morgan fingerprint density at radius 3 is 2.38 bits per heavy atom. The molecule has 3 atom stereocenters. The van der Waals surface area contributed by atoms with Crippen molar-refractivity contribution in [2.24, 2.45) is 5.92 Å². The van der Waals surface area contributed by atoms with Gasteiger partial charge in [-0.15, -0.1) is 11.8 Å². The van der Waals surface area contributed by atoms with E-state index in [1.807, 2.05) is 6.07 Å². The predicted molar refractivity (Wildman–Crippen MR) is 126 cm³/mol. The number of hydrogen-bond donors (Lipinski definition) is 0. The molecule has 3 heteroatoms. The largest absolute Gasteiger partial charge is 0.456 e. The van der Waals surface area contributed by atoms with Gasteiger partial charge in [-0.1, -0.05) is 62.4 Å². The first-order valence-electron chi connectivity index (χ1n) is 10.4. The number of nitrogens with zero attached hydrogens (tertiary/aromatic N) is 1. The van der Waals surface area contributed by atoms with E-state index >= 15 is 0 Å². The molecule has 0 aliphatic carbocycles. The van der Waals surface area contributed by atoms with Crippen LogP contribution in [0.15, 0.2) is 71.1 Å². The zero-order chi connectivity index (χ0) is 20.1. The summed E-state index contributed by atoms with van der Waals surface area (Å²) in [5, 5.41) is 3.32. The van der Waals surface area contributed by atoms with Crippen molar-refractivity contribution in [2.75, 3.05) is 4.90 Å². The maximum absolute atomic E-state index is 6.12. The van der Waals surface area contributed by atoms with E-state index in [2.05, 4.69) is 105 Å². The standard InChI is InChI=1S/C26H27NOS/c1-16(2)25-18(4)27(26(29-25)19-10-6-5-7-11-19)22-15-21-20-12-8-9-13-23(20)28-24(21)14-17(22)3/h5-16,18,25-26H,1-4H3/t18-,25?,26?/m0/s1. The van der Waals surface area contributed by atoms with Gasteiger partial charge in [-0.25, -0.2) is 0 Å². The molecule has 29 heavy (non-hydrogen) atoms. The van der Waals surface area contributed by atoms with Crippen LogP contribution in [-0.2, 0) is 0 Å². The van der Waals surface area contributed by atoms with Crippen LogP contribution >= 0.6 is 11.8 Å². The second-order valence-electron chi connectivity index (χ2n) is 8.49. The zero-order valence-corrected chi connectivity index (χ0v) is 18.2. The first kappa shape index (κ1) is 18.6. The van der Waals surface area contributed by atoms with Gasteiger partial charge in [0.1, 0.15) is 16.5 Å². The van der Waals surface area contributed by atoms with Crippen LogP contribution in [0.4, 0.5) is 5.69 Å². The van der Waals surface area contributed by atoms with E-state index in [9.17, 15) is 0 Å². The Balaban J connectivity index is 1.69. The van der Waals surface area contributed by atoms with Crippen molar-refractivity contribution >= 4 is 39.4 Å². The molecule has 5 rings (SSSR count). The van der Waals surface area contributed by atoms with Crippen LogP contribution in [0.5, 0.6) is 0 Å². The SMILES string of the molecule is Cc1cc2oc3ccccc3c2cc1N1C(c2ccccc2)SC(C(C)C)[C@@H]1C. The highest BCUT2D eigenvalue weighted by atomic mass is 32.2. The van der Waals surface area contributed by atoms with Gasteiger partial charge in [0.05, 0.1) is 0 Å². The molecule has 0 N–H and O–H groups in total. The van der Waals surface area contributed by atoms with E-state index in [0.717, 1.165) is 11.2 Å². The third-order valence-corrected chi connectivity index (χ3v) is 8.18. The van der Waals surface area contributed by atoms with E-state index in [4.69, 9.17) is 4.42 Å². The molecule has 1 aliphatic heterocycles. The summed E-state index contributed by atoms with van der Waals surface area (Å²) in [5.41, 5.74) is 5.91. The fraction of sp³-hybridized carbons (Fsp3) is 0.308. The Morgan fingerprint density at radius 2 is 1.62 bits per heavy atom. The fourth-order valence-electron chi connectivity index (χ4n) is 4.76. The Morgan fingerprint density at radius 1 is 0.897 bits per heavy atom. The van der Waals surface area contributed by atoms with Gasteiger partial charge in [-0.3, -0.25) is 0 Å². The average molecular weight is 402 g/mol. The summed E-state index contributed by atoms with van der Waals surface area (Å²) in [6, 6.07) is 24.3. The van der Waals surface area contributed by atoms with Crippen molar-refractivity contribution < 1.29 is 4.42 Å². The van der Waals surface area contributed by atoms with Crippen LogP contribution < -0.4 is 4.90 Å². The number of fused-ring (bicyclic) bond motifs is 3. The van der Waals surface area contributed by atoms with Crippen molar-refractivity contribution in [2.45, 2.75) is 44.4 Å². The number of hydrogen-bond acceptors (Lipinski definition) is 3. The molecule has 0 radical (unpaired) electrons. The summed E-state index contributed by atoms with van der Waals surface area (Å²) in [7, 11) is 0. The van der Waals surface area contributed by atoms with E-state index in [1.165, 1.54) is 27.6 Å². The van der Waals surface area contributed by atoms with Crippen molar-refractivity contribution in [3.63, 3.8) is 0 Å². The average Bonchev–Trinajstić information content (AvgIpc) is 3.25. The predicted octanol–water partition coefficient (Wildman–Crippen LogP) is 7.56. The molecule has 2 heterocycles. The third-order valence-electron chi connectivity index (χ3n) is 6.17. The molecule has 1 aromatic heterocycles. The molecule has 1 aliphatic rings. The summed E-state index contributed by atoms with van der Waals surface area (Å²) in [4.78, 5) is 2.64. The van der Waals surface area contributed by atoms with E-state index in [1.54, 1.807) is 0 Å². The van der Waals surface area contributed by atoms with Gasteiger partial charge in [-0.05, 0) is 49.1 Å². The highest BCUT2D eigenvalue weighted by molar-refractivity contribution is 8.00. The molecule has 1 saturated heterocycles. The van der Waals surface area contributed by atoms with Gasteiger partial charge in [-0.2, -0.15) is 0 Å². The molecule has 1 fully saturated rings. The van der Waals surface area contributed by atoms with Crippen LogP contribution in [0.3, 0.4) is 0 Å². The van der Waals surface area contributed by atoms with Gasteiger partial charge < -0.3 is 9.32 Å². The van der Waals surface area contributed by atoms with Crippen LogP contribution in [-0.4, -0.2) is 11.3 Å². The minimum atomic E-state index is 0.327. The molecule has 0 saturated carbocycles. The number of anilines is 1. The lowest BCUT2D eigenvalue weighted by atomic mass is 10.00. The van der Waals surface area contributed by atoms with Crippen LogP contribution in [0.25, 0.3) is 21.9 Å². The summed E-state index contributed by atoms with van der Waals surface area (Å²) in [6.45, 7) is 9.29. The maximum Gasteiger partial charge on any atom is 0.135 e. The first-order chi connectivity index (χ1) is 14.0. The smallest absolute Gasteiger partial charge is 0.135 e. The van der Waals surface area contributed by atoms with E-state index in [0.29, 0.717) is 22.6 Å². The monoisotopic (exact) mass is 401 g/mol. The molecule has 3 aromatic carbocycles. The lowest BCUT2D eigenvalue weighted by Crippen LogP contribution is -2.35. The summed E-state index contributed by atoms with van der Waals surface area (Å²) in [6.07, 6.45) is 0. The van der Waals surface area contributed by atoms with E-state index in [-0.39, 0.29) is 0 Å². The number of benzene rings is 3. The molecule has 0 spiro atoms. The lowest BCUT2D eigenvalue weighted by Gasteiger charge is -2.32. The maximum atomic E-state index is 6.12. The zero-order valence-electron chi connectivity index (χ0n) is 17.4. The molecule has 4 aromatic rings. The third kappa shape index (κ3) is 3.03. The van der Waals surface area contributed by atoms with Gasteiger partial charge >= 0.3 is 0 Å². The summed E-state index contributed by atoms with van der Waals surface area (Å²) >= 11 is 2.11. The van der Waals surface area contributed by atoms with Crippen LogP contribution in [0.1, 0.15) is 37.3 Å². The minimum Gasteiger partial charge on any atom is -0.456 e. The Hall–Kier alpha value is -2.39. The number of thioether (sulfide) groups is 1. The Labute approximate surface area is 176 Å². The molecular formula is C26H27NOS. The van der Waals surface area contributed by atoms with Crippen molar-refractivity contribution in [1.82, 2.24) is 0 Å². The molecule has 0 amide bonds. The van der Waals surface area contributed by atoms with E-state index < -0.39 is 0 Å². The normalized spacial score (nSPS) is 22.2. The summed E-state index contributed by atoms with van der Waals surface area (Å²) < 4.78 is 6.12. The van der Waals surface area contributed by atoms with Crippen LogP contribution in [0.2, 0.25) is 0 Å².